The van der Waals surface area contributed by atoms with Gasteiger partial charge in [-0.1, -0.05) is 12.1 Å². The minimum atomic E-state index is -0.575. The first-order chi connectivity index (χ1) is 11.5. The number of hydrogen-bond acceptors (Lipinski definition) is 6. The summed E-state index contributed by atoms with van der Waals surface area (Å²) in [6.07, 6.45) is 0. The molecule has 0 bridgehead atoms. The number of nitriles is 1. The van der Waals surface area contributed by atoms with Crippen molar-refractivity contribution in [3.05, 3.63) is 58.1 Å². The molecule has 0 heterocycles. The summed E-state index contributed by atoms with van der Waals surface area (Å²) in [5, 5.41) is 22.3. The Morgan fingerprint density at radius 3 is 2.71 bits per heavy atom. The van der Waals surface area contributed by atoms with Crippen LogP contribution in [0, 0.1) is 21.4 Å². The van der Waals surface area contributed by atoms with Gasteiger partial charge in [-0.05, 0) is 18.2 Å². The molecule has 0 aliphatic carbocycles. The van der Waals surface area contributed by atoms with Crippen molar-refractivity contribution < 1.29 is 19.2 Å². The van der Waals surface area contributed by atoms with Crippen molar-refractivity contribution in [1.82, 2.24) is 0 Å². The van der Waals surface area contributed by atoms with Crippen LogP contribution in [0.1, 0.15) is 5.56 Å². The Balaban J connectivity index is 2.08. The Labute approximate surface area is 137 Å². The van der Waals surface area contributed by atoms with E-state index in [0.29, 0.717) is 5.56 Å². The number of hydrogen-bond donors (Lipinski definition) is 1. The van der Waals surface area contributed by atoms with Crippen LogP contribution in [0.15, 0.2) is 42.5 Å². The standard InChI is InChI=1S/C16H13N3O5/c1-23-15-7-6-12(19(21)22)8-13(15)18-16(20)10-24-14-5-3-2-4-11(14)9-17/h2-8H,10H2,1H3,(H,18,20). The van der Waals surface area contributed by atoms with Crippen molar-refractivity contribution in [2.45, 2.75) is 0 Å². The number of nitrogens with one attached hydrogen (secondary N) is 1. The van der Waals surface area contributed by atoms with Crippen molar-refractivity contribution in [2.75, 3.05) is 19.0 Å². The number of nitrogens with zero attached hydrogens (tertiary/aromatic N) is 2. The molecule has 0 saturated carbocycles. The number of carbonyl (C=O) groups is 1. The van der Waals surface area contributed by atoms with Gasteiger partial charge < -0.3 is 14.8 Å². The predicted octanol–water partition coefficient (Wildman–Crippen LogP) is 2.49. The molecule has 1 amide bonds. The molecule has 0 spiro atoms. The highest BCUT2D eigenvalue weighted by atomic mass is 16.6. The summed E-state index contributed by atoms with van der Waals surface area (Å²) in [7, 11) is 1.39. The van der Waals surface area contributed by atoms with Gasteiger partial charge in [0.25, 0.3) is 11.6 Å². The topological polar surface area (TPSA) is 114 Å². The molecule has 8 heteroatoms. The molecule has 0 aromatic heterocycles. The Morgan fingerprint density at radius 1 is 1.29 bits per heavy atom. The molecule has 0 radical (unpaired) electrons. The van der Waals surface area contributed by atoms with Crippen molar-refractivity contribution >= 4 is 17.3 Å². The van der Waals surface area contributed by atoms with E-state index in [-0.39, 0.29) is 29.5 Å². The number of rotatable bonds is 6. The molecule has 1 N–H and O–H groups in total. The maximum Gasteiger partial charge on any atom is 0.271 e. The van der Waals surface area contributed by atoms with Crippen LogP contribution in [-0.2, 0) is 4.79 Å². The van der Waals surface area contributed by atoms with Gasteiger partial charge in [-0.3, -0.25) is 14.9 Å². The van der Waals surface area contributed by atoms with Gasteiger partial charge in [-0.25, -0.2) is 0 Å². The summed E-state index contributed by atoms with van der Waals surface area (Å²) >= 11 is 0. The lowest BCUT2D eigenvalue weighted by Gasteiger charge is -2.11. The van der Waals surface area contributed by atoms with Gasteiger partial charge in [-0.2, -0.15) is 5.26 Å². The first-order valence-electron chi connectivity index (χ1n) is 6.79. The number of methoxy groups -OCH3 is 1. The van der Waals surface area contributed by atoms with E-state index in [9.17, 15) is 14.9 Å². The van der Waals surface area contributed by atoms with Gasteiger partial charge in [0, 0.05) is 12.1 Å². The van der Waals surface area contributed by atoms with Crippen LogP contribution in [0.2, 0.25) is 0 Å². The Hall–Kier alpha value is -3.60. The zero-order chi connectivity index (χ0) is 17.5. The Bertz CT molecular complexity index is 814. The van der Waals surface area contributed by atoms with Crippen LogP contribution in [0.3, 0.4) is 0 Å². The van der Waals surface area contributed by atoms with Crippen LogP contribution in [0.4, 0.5) is 11.4 Å². The molecule has 2 aromatic carbocycles. The minimum Gasteiger partial charge on any atom is -0.495 e. The van der Waals surface area contributed by atoms with Crippen LogP contribution in [-0.4, -0.2) is 24.5 Å². The van der Waals surface area contributed by atoms with E-state index < -0.39 is 10.8 Å². The fourth-order valence-electron chi connectivity index (χ4n) is 1.92. The van der Waals surface area contributed by atoms with Gasteiger partial charge in [-0.15, -0.1) is 0 Å². The van der Waals surface area contributed by atoms with Crippen molar-refractivity contribution in [1.29, 1.82) is 5.26 Å². The molecule has 2 rings (SSSR count). The molecule has 0 unspecified atom stereocenters. The third kappa shape index (κ3) is 3.98. The van der Waals surface area contributed by atoms with Crippen molar-refractivity contribution in [2.24, 2.45) is 0 Å². The van der Waals surface area contributed by atoms with E-state index in [0.717, 1.165) is 0 Å². The number of nitro groups is 1. The van der Waals surface area contributed by atoms with E-state index >= 15 is 0 Å². The first kappa shape index (κ1) is 16.8. The second-order valence-electron chi connectivity index (χ2n) is 4.59. The number of amides is 1. The smallest absolute Gasteiger partial charge is 0.271 e. The van der Waals surface area contributed by atoms with Crippen molar-refractivity contribution in [3.8, 4) is 17.6 Å². The minimum absolute atomic E-state index is 0.161. The van der Waals surface area contributed by atoms with E-state index in [2.05, 4.69) is 5.32 Å². The molecule has 0 atom stereocenters. The summed E-state index contributed by atoms with van der Waals surface area (Å²) in [4.78, 5) is 22.2. The summed E-state index contributed by atoms with van der Waals surface area (Å²) in [6, 6.07) is 12.3. The van der Waals surface area contributed by atoms with Crippen LogP contribution in [0.25, 0.3) is 0 Å². The largest absolute Gasteiger partial charge is 0.495 e. The fraction of sp³-hybridized carbons (Fsp3) is 0.125. The fourth-order valence-corrected chi connectivity index (χ4v) is 1.92. The number of carbonyl (C=O) groups excluding carboxylic acids is 1. The monoisotopic (exact) mass is 327 g/mol. The molecule has 24 heavy (non-hydrogen) atoms. The lowest BCUT2D eigenvalue weighted by atomic mass is 10.2. The maximum absolute atomic E-state index is 12.0. The van der Waals surface area contributed by atoms with Crippen LogP contribution >= 0.6 is 0 Å². The highest BCUT2D eigenvalue weighted by molar-refractivity contribution is 5.93. The molecule has 122 valence electrons. The normalized spacial score (nSPS) is 9.67. The zero-order valence-electron chi connectivity index (χ0n) is 12.7. The van der Waals surface area contributed by atoms with Gasteiger partial charge in [0.15, 0.2) is 6.61 Å². The lowest BCUT2D eigenvalue weighted by Crippen LogP contribution is -2.20. The van der Waals surface area contributed by atoms with Gasteiger partial charge >= 0.3 is 0 Å². The summed E-state index contributed by atoms with van der Waals surface area (Å²) in [5.74, 6) is 0.0223. The maximum atomic E-state index is 12.0. The average molecular weight is 327 g/mol. The van der Waals surface area contributed by atoms with Crippen LogP contribution in [0.5, 0.6) is 11.5 Å². The first-order valence-corrected chi connectivity index (χ1v) is 6.79. The number of benzene rings is 2. The van der Waals surface area contributed by atoms with Gasteiger partial charge in [0.1, 0.15) is 17.6 Å². The quantitative estimate of drug-likeness (QED) is 0.644. The summed E-state index contributed by atoms with van der Waals surface area (Å²) in [5.41, 5.74) is 0.286. The molecule has 0 fully saturated rings. The molecular formula is C16H13N3O5. The molecule has 8 nitrogen and oxygen atoms in total. The number of para-hydroxylation sites is 1. The van der Waals surface area contributed by atoms with Crippen LogP contribution < -0.4 is 14.8 Å². The molecule has 0 saturated heterocycles. The third-order valence-corrected chi connectivity index (χ3v) is 3.03. The number of anilines is 1. The molecular weight excluding hydrogens is 314 g/mol. The molecule has 0 aliphatic heterocycles. The van der Waals surface area contributed by atoms with E-state index in [1.165, 1.54) is 25.3 Å². The molecule has 0 aliphatic rings. The third-order valence-electron chi connectivity index (χ3n) is 3.03. The van der Waals surface area contributed by atoms with Gasteiger partial charge in [0.2, 0.25) is 0 Å². The zero-order valence-corrected chi connectivity index (χ0v) is 12.7. The second-order valence-corrected chi connectivity index (χ2v) is 4.59. The van der Waals surface area contributed by atoms with Gasteiger partial charge in [0.05, 0.1) is 23.3 Å². The number of nitro benzene ring substituents is 1. The highest BCUT2D eigenvalue weighted by Crippen LogP contribution is 2.28. The molecule has 2 aromatic rings. The SMILES string of the molecule is COc1ccc([N+](=O)[O-])cc1NC(=O)COc1ccccc1C#N. The number of ether oxygens (including phenoxy) is 2. The van der Waals surface area contributed by atoms with Crippen molar-refractivity contribution in [3.63, 3.8) is 0 Å². The highest BCUT2D eigenvalue weighted by Gasteiger charge is 2.14. The average Bonchev–Trinajstić information content (AvgIpc) is 2.60. The summed E-state index contributed by atoms with van der Waals surface area (Å²) in [6.45, 7) is -0.357. The lowest BCUT2D eigenvalue weighted by molar-refractivity contribution is -0.384. The second kappa shape index (κ2) is 7.60. The Kier molecular flexibility index (Phi) is 5.31. The Morgan fingerprint density at radius 2 is 2.04 bits per heavy atom. The summed E-state index contributed by atoms with van der Waals surface area (Å²) < 4.78 is 10.4. The number of non-ortho nitro benzene ring substituents is 1. The predicted molar refractivity (Wildman–Crippen MR) is 84.9 cm³/mol. The van der Waals surface area contributed by atoms with E-state index in [1.54, 1.807) is 24.3 Å². The van der Waals surface area contributed by atoms with E-state index in [1.807, 2.05) is 6.07 Å². The van der Waals surface area contributed by atoms with E-state index in [4.69, 9.17) is 14.7 Å².